The fourth-order valence-corrected chi connectivity index (χ4v) is 4.87. The first kappa shape index (κ1) is 16.1. The molecule has 4 N–H and O–H groups in total. The van der Waals surface area contributed by atoms with E-state index in [4.69, 9.17) is 10.8 Å². The van der Waals surface area contributed by atoms with Crippen LogP contribution in [0.1, 0.15) is 23.5 Å². The monoisotopic (exact) mass is 370 g/mol. The second-order valence-electron chi connectivity index (χ2n) is 4.15. The maximum Gasteiger partial charge on any atom is 0.345 e. The Kier molecular flexibility index (Phi) is 4.40. The first-order chi connectivity index (χ1) is 8.47. The Bertz CT molecular complexity index is 635. The number of nitrogens with one attached hydrogen (secondary N) is 1. The van der Waals surface area contributed by atoms with Crippen molar-refractivity contribution in [3.8, 4) is 0 Å². The van der Waals surface area contributed by atoms with E-state index >= 15 is 0 Å². The molecule has 0 fully saturated rings. The molecular formula is C9H11BrN2O5S2. The number of carbonyl (C=O) groups is 2. The van der Waals surface area contributed by atoms with Gasteiger partial charge in [0.15, 0.2) is 0 Å². The molecule has 0 aliphatic rings. The first-order valence-corrected chi connectivity index (χ1v) is 7.93. The number of thiophene rings is 1. The quantitative estimate of drug-likeness (QED) is 0.704. The van der Waals surface area contributed by atoms with E-state index in [0.717, 1.165) is 17.4 Å². The molecule has 10 heteroatoms. The first-order valence-electron chi connectivity index (χ1n) is 4.84. The molecule has 0 aromatic carbocycles. The van der Waals surface area contributed by atoms with Gasteiger partial charge in [-0.25, -0.2) is 13.2 Å². The van der Waals surface area contributed by atoms with E-state index in [-0.39, 0.29) is 13.6 Å². The molecular weight excluding hydrogens is 360 g/mol. The van der Waals surface area contributed by atoms with Crippen molar-refractivity contribution in [2.75, 3.05) is 0 Å². The minimum Gasteiger partial charge on any atom is -0.477 e. The highest BCUT2D eigenvalue weighted by molar-refractivity contribution is 9.11. The molecule has 1 aromatic rings. The smallest absolute Gasteiger partial charge is 0.345 e. The highest BCUT2D eigenvalue weighted by Gasteiger charge is 2.33. The number of hydrogen-bond acceptors (Lipinski definition) is 5. The number of carboxylic acids is 1. The molecule has 0 saturated heterocycles. The SMILES string of the molecule is CC(C)(NS(=O)(=O)c1cc(C(=O)O)sc1Br)C(N)=O. The van der Waals surface area contributed by atoms with Crippen LogP contribution < -0.4 is 10.5 Å². The molecule has 0 radical (unpaired) electrons. The Morgan fingerprint density at radius 3 is 2.37 bits per heavy atom. The van der Waals surface area contributed by atoms with Gasteiger partial charge in [0.05, 0.1) is 3.79 Å². The van der Waals surface area contributed by atoms with Crippen molar-refractivity contribution in [2.24, 2.45) is 5.73 Å². The van der Waals surface area contributed by atoms with Crippen molar-refractivity contribution in [1.82, 2.24) is 4.72 Å². The van der Waals surface area contributed by atoms with Gasteiger partial charge in [0.1, 0.15) is 15.3 Å². The molecule has 0 aliphatic carbocycles. The van der Waals surface area contributed by atoms with Crippen molar-refractivity contribution in [1.29, 1.82) is 0 Å². The molecule has 0 bridgehead atoms. The van der Waals surface area contributed by atoms with Crippen molar-refractivity contribution < 1.29 is 23.1 Å². The molecule has 1 amide bonds. The van der Waals surface area contributed by atoms with Crippen molar-refractivity contribution in [3.05, 3.63) is 14.7 Å². The van der Waals surface area contributed by atoms with E-state index in [2.05, 4.69) is 20.7 Å². The summed E-state index contributed by atoms with van der Waals surface area (Å²) in [4.78, 5) is 21.5. The number of sulfonamides is 1. The van der Waals surface area contributed by atoms with E-state index in [0.29, 0.717) is 0 Å². The number of rotatable bonds is 5. The zero-order chi connectivity index (χ0) is 15.0. The van der Waals surface area contributed by atoms with Gasteiger partial charge in [-0.2, -0.15) is 4.72 Å². The lowest BCUT2D eigenvalue weighted by Gasteiger charge is -2.21. The van der Waals surface area contributed by atoms with Crippen LogP contribution in [0.3, 0.4) is 0 Å². The van der Waals surface area contributed by atoms with Crippen LogP contribution in [0.2, 0.25) is 0 Å². The fourth-order valence-electron chi connectivity index (χ4n) is 1.08. The molecule has 0 spiro atoms. The minimum absolute atomic E-state index is 0.135. The predicted molar refractivity (Wildman–Crippen MR) is 72.6 cm³/mol. The molecule has 0 aliphatic heterocycles. The minimum atomic E-state index is -4.06. The van der Waals surface area contributed by atoms with Crippen molar-refractivity contribution in [2.45, 2.75) is 24.3 Å². The van der Waals surface area contributed by atoms with Gasteiger partial charge in [0.2, 0.25) is 15.9 Å². The summed E-state index contributed by atoms with van der Waals surface area (Å²) in [6.07, 6.45) is 0. The molecule has 7 nitrogen and oxygen atoms in total. The van der Waals surface area contributed by atoms with E-state index in [9.17, 15) is 18.0 Å². The number of carboxylic acid groups (broad SMARTS) is 1. The summed E-state index contributed by atoms with van der Waals surface area (Å²) in [6.45, 7) is 2.62. The van der Waals surface area contributed by atoms with E-state index in [1.54, 1.807) is 0 Å². The zero-order valence-corrected chi connectivity index (χ0v) is 13.1. The molecule has 0 unspecified atom stereocenters. The Morgan fingerprint density at radius 2 is 2.00 bits per heavy atom. The Labute approximate surface area is 122 Å². The van der Waals surface area contributed by atoms with Gasteiger partial charge in [0.25, 0.3) is 0 Å². The predicted octanol–water partition coefficient (Wildman–Crippen LogP) is 0.751. The lowest BCUT2D eigenvalue weighted by Crippen LogP contribution is -2.52. The highest BCUT2D eigenvalue weighted by Crippen LogP contribution is 2.32. The van der Waals surface area contributed by atoms with Crippen LogP contribution in [-0.4, -0.2) is 30.9 Å². The summed E-state index contributed by atoms with van der Waals surface area (Å²) in [5, 5.41) is 8.81. The van der Waals surface area contributed by atoms with Crippen molar-refractivity contribution >= 4 is 49.2 Å². The number of carbonyl (C=O) groups excluding carboxylic acids is 1. The topological polar surface area (TPSA) is 127 Å². The van der Waals surface area contributed by atoms with Crippen LogP contribution in [0.15, 0.2) is 14.7 Å². The third-order valence-corrected chi connectivity index (χ3v) is 6.06. The lowest BCUT2D eigenvalue weighted by molar-refractivity contribution is -0.122. The van der Waals surface area contributed by atoms with Crippen LogP contribution in [-0.2, 0) is 14.8 Å². The number of amides is 1. The van der Waals surface area contributed by atoms with Gasteiger partial charge in [-0.1, -0.05) is 0 Å². The zero-order valence-electron chi connectivity index (χ0n) is 9.93. The van der Waals surface area contributed by atoms with Crippen LogP contribution in [0.25, 0.3) is 0 Å². The van der Waals surface area contributed by atoms with Crippen LogP contribution >= 0.6 is 27.3 Å². The number of halogens is 1. The summed E-state index contributed by atoms with van der Waals surface area (Å²) < 4.78 is 26.4. The normalized spacial score (nSPS) is 12.4. The largest absolute Gasteiger partial charge is 0.477 e. The van der Waals surface area contributed by atoms with Crippen LogP contribution in [0, 0.1) is 0 Å². The second kappa shape index (κ2) is 5.19. The van der Waals surface area contributed by atoms with Gasteiger partial charge in [-0.15, -0.1) is 11.3 Å². The van der Waals surface area contributed by atoms with E-state index in [1.807, 2.05) is 0 Å². The Balaban J connectivity index is 3.22. The van der Waals surface area contributed by atoms with Gasteiger partial charge in [-0.05, 0) is 35.8 Å². The van der Waals surface area contributed by atoms with Gasteiger partial charge < -0.3 is 10.8 Å². The molecule has 0 saturated carbocycles. The summed E-state index contributed by atoms with van der Waals surface area (Å²) in [5.74, 6) is -2.08. The maximum atomic E-state index is 12.1. The standard InChI is InChI=1S/C9H11BrN2O5S2/c1-9(2,8(11)15)12-19(16,17)5-3-4(7(13)14)18-6(5)10/h3,12H,1-2H3,(H2,11,15)(H,13,14). The molecule has 1 heterocycles. The number of nitrogens with two attached hydrogens (primary N) is 1. The third kappa shape index (κ3) is 3.53. The lowest BCUT2D eigenvalue weighted by atomic mass is 10.1. The molecule has 0 atom stereocenters. The average Bonchev–Trinajstić information content (AvgIpc) is 2.59. The van der Waals surface area contributed by atoms with Gasteiger partial charge in [-0.3, -0.25) is 4.79 Å². The van der Waals surface area contributed by atoms with Crippen molar-refractivity contribution in [3.63, 3.8) is 0 Å². The number of aromatic carboxylic acids is 1. The van der Waals surface area contributed by atoms with E-state index in [1.165, 1.54) is 13.8 Å². The highest BCUT2D eigenvalue weighted by atomic mass is 79.9. The Morgan fingerprint density at radius 1 is 1.47 bits per heavy atom. The third-order valence-electron chi connectivity index (χ3n) is 2.16. The molecule has 1 rings (SSSR count). The van der Waals surface area contributed by atoms with Gasteiger partial charge in [0, 0.05) is 0 Å². The summed E-state index contributed by atoms with van der Waals surface area (Å²) in [5.41, 5.74) is 3.60. The number of primary amides is 1. The maximum absolute atomic E-state index is 12.1. The average molecular weight is 371 g/mol. The van der Waals surface area contributed by atoms with E-state index < -0.39 is 27.4 Å². The number of hydrogen-bond donors (Lipinski definition) is 3. The van der Waals surface area contributed by atoms with Gasteiger partial charge >= 0.3 is 5.97 Å². The summed E-state index contributed by atoms with van der Waals surface area (Å²) in [7, 11) is -4.06. The molecule has 1 aromatic heterocycles. The van der Waals surface area contributed by atoms with Crippen LogP contribution in [0.4, 0.5) is 0 Å². The Hall–Kier alpha value is -0.970. The van der Waals surface area contributed by atoms with Crippen LogP contribution in [0.5, 0.6) is 0 Å². The fraction of sp³-hybridized carbons (Fsp3) is 0.333. The second-order valence-corrected chi connectivity index (χ2v) is 8.17. The summed E-state index contributed by atoms with van der Waals surface area (Å²) in [6, 6.07) is 1.01. The molecule has 19 heavy (non-hydrogen) atoms. The molecule has 106 valence electrons. The summed E-state index contributed by atoms with van der Waals surface area (Å²) >= 11 is 3.75.